The predicted molar refractivity (Wildman–Crippen MR) is 97.6 cm³/mol. The van der Waals surface area contributed by atoms with Gasteiger partial charge in [-0.3, -0.25) is 9.59 Å². The van der Waals surface area contributed by atoms with Crippen LogP contribution in [0, 0.1) is 0 Å². The SMILES string of the molecule is O=C([O-])c1ccc(NC2(c3ccccc3)C(=O)c3ccccc3C2=O)cc1. The molecule has 3 aromatic rings. The average molecular weight is 356 g/mol. The lowest BCUT2D eigenvalue weighted by Crippen LogP contribution is -2.46. The Morgan fingerprint density at radius 1 is 0.741 bits per heavy atom. The van der Waals surface area contributed by atoms with Gasteiger partial charge in [-0.25, -0.2) is 0 Å². The van der Waals surface area contributed by atoms with Gasteiger partial charge in [0.2, 0.25) is 11.6 Å². The van der Waals surface area contributed by atoms with E-state index in [9.17, 15) is 19.5 Å². The lowest BCUT2D eigenvalue weighted by Gasteiger charge is -2.29. The van der Waals surface area contributed by atoms with Crippen molar-refractivity contribution in [2.75, 3.05) is 5.32 Å². The molecule has 0 bridgehead atoms. The highest BCUT2D eigenvalue weighted by atomic mass is 16.4. The Kier molecular flexibility index (Phi) is 3.85. The summed E-state index contributed by atoms with van der Waals surface area (Å²) in [6.45, 7) is 0. The number of hydrogen-bond donors (Lipinski definition) is 1. The molecule has 0 heterocycles. The van der Waals surface area contributed by atoms with Crippen molar-refractivity contribution in [2.45, 2.75) is 5.54 Å². The molecule has 0 saturated carbocycles. The molecule has 0 spiro atoms. The average Bonchev–Trinajstić information content (AvgIpc) is 2.92. The molecule has 1 N–H and O–H groups in total. The first kappa shape index (κ1) is 16.7. The van der Waals surface area contributed by atoms with Crippen LogP contribution in [0.1, 0.15) is 36.6 Å². The van der Waals surface area contributed by atoms with Gasteiger partial charge < -0.3 is 15.2 Å². The smallest absolute Gasteiger partial charge is 0.201 e. The van der Waals surface area contributed by atoms with Crippen LogP contribution in [0.3, 0.4) is 0 Å². The van der Waals surface area contributed by atoms with E-state index in [1.54, 1.807) is 48.5 Å². The number of aromatic carboxylic acids is 1. The Bertz CT molecular complexity index is 1020. The molecule has 132 valence electrons. The van der Waals surface area contributed by atoms with Crippen molar-refractivity contribution in [1.29, 1.82) is 0 Å². The number of Topliss-reactive ketones (excluding diaryl/α,β-unsaturated/α-hetero) is 2. The number of benzene rings is 3. The monoisotopic (exact) mass is 356 g/mol. The summed E-state index contributed by atoms with van der Waals surface area (Å²) in [5.74, 6) is -1.96. The molecule has 27 heavy (non-hydrogen) atoms. The van der Waals surface area contributed by atoms with Crippen molar-refractivity contribution >= 4 is 23.2 Å². The fourth-order valence-corrected chi connectivity index (χ4v) is 3.43. The number of carbonyl (C=O) groups excluding carboxylic acids is 3. The molecule has 5 heteroatoms. The van der Waals surface area contributed by atoms with E-state index >= 15 is 0 Å². The van der Waals surface area contributed by atoms with E-state index in [2.05, 4.69) is 5.32 Å². The maximum absolute atomic E-state index is 13.3. The van der Waals surface area contributed by atoms with Crippen molar-refractivity contribution < 1.29 is 19.5 Å². The van der Waals surface area contributed by atoms with Crippen LogP contribution >= 0.6 is 0 Å². The van der Waals surface area contributed by atoms with E-state index in [1.165, 1.54) is 24.3 Å². The minimum atomic E-state index is -1.59. The third-order valence-corrected chi connectivity index (χ3v) is 4.76. The molecule has 5 nitrogen and oxygen atoms in total. The molecule has 0 atom stereocenters. The fourth-order valence-electron chi connectivity index (χ4n) is 3.43. The number of ketones is 2. The van der Waals surface area contributed by atoms with Gasteiger partial charge in [0, 0.05) is 16.8 Å². The summed E-state index contributed by atoms with van der Waals surface area (Å²) in [6, 6.07) is 21.3. The highest BCUT2D eigenvalue weighted by Crippen LogP contribution is 2.40. The van der Waals surface area contributed by atoms with E-state index < -0.39 is 11.5 Å². The van der Waals surface area contributed by atoms with Gasteiger partial charge in [-0.1, -0.05) is 66.7 Å². The number of hydrogen-bond acceptors (Lipinski definition) is 5. The number of rotatable bonds is 4. The summed E-state index contributed by atoms with van der Waals surface area (Å²) >= 11 is 0. The van der Waals surface area contributed by atoms with Crippen molar-refractivity contribution in [3.05, 3.63) is 101 Å². The molecule has 0 aromatic heterocycles. The van der Waals surface area contributed by atoms with Crippen LogP contribution in [0.4, 0.5) is 5.69 Å². The molecule has 0 saturated heterocycles. The minimum absolute atomic E-state index is 0.0154. The molecule has 0 amide bonds. The van der Waals surface area contributed by atoms with Crippen LogP contribution in [-0.4, -0.2) is 17.5 Å². The first-order chi connectivity index (χ1) is 13.0. The van der Waals surface area contributed by atoms with Gasteiger partial charge in [0.1, 0.15) is 0 Å². The second kappa shape index (κ2) is 6.21. The van der Waals surface area contributed by atoms with E-state index in [0.717, 1.165) is 0 Å². The third-order valence-electron chi connectivity index (χ3n) is 4.76. The summed E-state index contributed by atoms with van der Waals surface area (Å²) in [5, 5.41) is 14.0. The van der Waals surface area contributed by atoms with Crippen LogP contribution in [-0.2, 0) is 5.54 Å². The largest absolute Gasteiger partial charge is 0.545 e. The fraction of sp³-hybridized carbons (Fsp3) is 0.0455. The summed E-state index contributed by atoms with van der Waals surface area (Å²) < 4.78 is 0. The van der Waals surface area contributed by atoms with Gasteiger partial charge in [-0.05, 0) is 23.3 Å². The van der Waals surface area contributed by atoms with Crippen LogP contribution in [0.5, 0.6) is 0 Å². The van der Waals surface area contributed by atoms with Crippen molar-refractivity contribution in [3.63, 3.8) is 0 Å². The maximum atomic E-state index is 13.3. The van der Waals surface area contributed by atoms with Gasteiger partial charge in [0.05, 0.1) is 5.97 Å². The van der Waals surface area contributed by atoms with Crippen LogP contribution in [0.25, 0.3) is 0 Å². The molecular weight excluding hydrogens is 342 g/mol. The Morgan fingerprint density at radius 3 is 1.78 bits per heavy atom. The highest BCUT2D eigenvalue weighted by molar-refractivity contribution is 6.34. The zero-order valence-corrected chi connectivity index (χ0v) is 14.1. The van der Waals surface area contributed by atoms with E-state index in [4.69, 9.17) is 0 Å². The van der Waals surface area contributed by atoms with E-state index in [0.29, 0.717) is 22.4 Å². The lowest BCUT2D eigenvalue weighted by molar-refractivity contribution is -0.255. The molecule has 0 fully saturated rings. The molecule has 0 unspecified atom stereocenters. The van der Waals surface area contributed by atoms with Gasteiger partial charge >= 0.3 is 0 Å². The van der Waals surface area contributed by atoms with Gasteiger partial charge in [0.15, 0.2) is 5.54 Å². The quantitative estimate of drug-likeness (QED) is 0.726. The zero-order chi connectivity index (χ0) is 19.0. The third kappa shape index (κ3) is 2.52. The topological polar surface area (TPSA) is 86.3 Å². The first-order valence-electron chi connectivity index (χ1n) is 8.38. The molecule has 0 aliphatic heterocycles. The molecule has 1 aliphatic carbocycles. The predicted octanol–water partition coefficient (Wildman–Crippen LogP) is 2.44. The Labute approximate surface area is 155 Å². The Hall–Kier alpha value is -3.73. The summed E-state index contributed by atoms with van der Waals surface area (Å²) in [7, 11) is 0. The van der Waals surface area contributed by atoms with Gasteiger partial charge in [-0.2, -0.15) is 0 Å². The number of carboxylic acid groups (broad SMARTS) is 1. The highest BCUT2D eigenvalue weighted by Gasteiger charge is 2.54. The zero-order valence-electron chi connectivity index (χ0n) is 14.1. The summed E-state index contributed by atoms with van der Waals surface area (Å²) in [6.07, 6.45) is 0. The number of fused-ring (bicyclic) bond motifs is 1. The van der Waals surface area contributed by atoms with Crippen molar-refractivity contribution in [1.82, 2.24) is 0 Å². The molecule has 3 aromatic carbocycles. The standard InChI is InChI=1S/C22H15NO4/c24-19-17-8-4-5-9-18(17)20(25)22(19,15-6-2-1-3-7-15)23-16-12-10-14(11-13-16)21(26)27/h1-13,23H,(H,26,27)/p-1. The molecular formula is C22H14NO4-. The van der Waals surface area contributed by atoms with Crippen LogP contribution in [0.15, 0.2) is 78.9 Å². The van der Waals surface area contributed by atoms with Crippen LogP contribution in [0.2, 0.25) is 0 Å². The molecule has 1 aliphatic rings. The Morgan fingerprint density at radius 2 is 1.26 bits per heavy atom. The normalized spacial score (nSPS) is 14.7. The van der Waals surface area contributed by atoms with Gasteiger partial charge in [-0.15, -0.1) is 0 Å². The maximum Gasteiger partial charge on any atom is 0.201 e. The van der Waals surface area contributed by atoms with Crippen LogP contribution < -0.4 is 10.4 Å². The second-order valence-corrected chi connectivity index (χ2v) is 6.31. The lowest BCUT2D eigenvalue weighted by atomic mass is 9.84. The van der Waals surface area contributed by atoms with Crippen molar-refractivity contribution in [3.8, 4) is 0 Å². The summed E-state index contributed by atoms with van der Waals surface area (Å²) in [4.78, 5) is 37.6. The first-order valence-corrected chi connectivity index (χ1v) is 8.38. The number of carboxylic acids is 1. The molecule has 0 radical (unpaired) electrons. The van der Waals surface area contributed by atoms with E-state index in [1.807, 2.05) is 6.07 Å². The minimum Gasteiger partial charge on any atom is -0.545 e. The van der Waals surface area contributed by atoms with Gasteiger partial charge in [0.25, 0.3) is 0 Å². The van der Waals surface area contributed by atoms with Crippen molar-refractivity contribution in [2.24, 2.45) is 0 Å². The number of carbonyl (C=O) groups is 3. The van der Waals surface area contributed by atoms with E-state index in [-0.39, 0.29) is 17.1 Å². The second-order valence-electron chi connectivity index (χ2n) is 6.31. The number of anilines is 1. The Balaban J connectivity index is 1.86. The molecule has 4 rings (SSSR count). The summed E-state index contributed by atoms with van der Waals surface area (Å²) in [5.41, 5.74) is 0.143. The number of nitrogens with one attached hydrogen (secondary N) is 1.